The van der Waals surface area contributed by atoms with E-state index < -0.39 is 0 Å². The third-order valence-electron chi connectivity index (χ3n) is 4.29. The van der Waals surface area contributed by atoms with Gasteiger partial charge in [-0.3, -0.25) is 0 Å². The Labute approximate surface area is 131 Å². The van der Waals surface area contributed by atoms with Crippen LogP contribution in [0, 0.1) is 11.3 Å². The number of rotatable bonds is 6. The van der Waals surface area contributed by atoms with Gasteiger partial charge < -0.3 is 10.6 Å². The molecule has 2 N–H and O–H groups in total. The quantitative estimate of drug-likeness (QED) is 0.831. The molecule has 0 radical (unpaired) electrons. The number of aryl methyl sites for hydroxylation is 1. The predicted octanol–water partition coefficient (Wildman–Crippen LogP) is 4.39. The summed E-state index contributed by atoms with van der Waals surface area (Å²) in [6, 6.07) is 2.21. The molecule has 0 saturated heterocycles. The average molecular weight is 306 g/mol. The average Bonchev–Trinajstić information content (AvgIpc) is 2.87. The number of hydrogen-bond donors (Lipinski definition) is 2. The fourth-order valence-corrected chi connectivity index (χ4v) is 2.87. The van der Waals surface area contributed by atoms with Crippen molar-refractivity contribution in [2.75, 3.05) is 24.2 Å². The number of anilines is 2. The Bertz CT molecular complexity index is 616. The third-order valence-corrected chi connectivity index (χ3v) is 5.46. The first-order valence-corrected chi connectivity index (χ1v) is 8.41. The van der Waals surface area contributed by atoms with E-state index in [9.17, 15) is 0 Å². The lowest BCUT2D eigenvalue weighted by Gasteiger charge is -2.29. The van der Waals surface area contributed by atoms with E-state index in [4.69, 9.17) is 0 Å². The van der Waals surface area contributed by atoms with Crippen LogP contribution in [0.3, 0.4) is 0 Å². The molecule has 0 amide bonds. The highest BCUT2D eigenvalue weighted by molar-refractivity contribution is 7.18. The first-order chi connectivity index (χ1) is 9.87. The smallest absolute Gasteiger partial charge is 0.225 e. The Morgan fingerprint density at radius 1 is 1.29 bits per heavy atom. The highest BCUT2D eigenvalue weighted by Gasteiger charge is 2.23. The minimum Gasteiger partial charge on any atom is -0.369 e. The molecule has 2 aromatic rings. The normalized spacial score (nSPS) is 12.1. The van der Waals surface area contributed by atoms with Crippen molar-refractivity contribution >= 4 is 33.3 Å². The SMILES string of the molecule is CCc1cc2c(NCC(C)(C)C(C)C)nc(NC)nc2s1. The minimum absolute atomic E-state index is 0.223. The Kier molecular flexibility index (Phi) is 4.71. The molecule has 0 aliphatic heterocycles. The number of thiophene rings is 1. The van der Waals surface area contributed by atoms with E-state index in [0.29, 0.717) is 11.9 Å². The van der Waals surface area contributed by atoms with Gasteiger partial charge in [-0.25, -0.2) is 4.98 Å². The molecule has 5 heteroatoms. The van der Waals surface area contributed by atoms with Gasteiger partial charge in [0.15, 0.2) is 0 Å². The Morgan fingerprint density at radius 3 is 2.57 bits per heavy atom. The second kappa shape index (κ2) is 6.18. The third kappa shape index (κ3) is 3.46. The van der Waals surface area contributed by atoms with Crippen LogP contribution in [0.4, 0.5) is 11.8 Å². The fourth-order valence-electron chi connectivity index (χ4n) is 1.91. The van der Waals surface area contributed by atoms with Crippen molar-refractivity contribution in [2.24, 2.45) is 11.3 Å². The monoisotopic (exact) mass is 306 g/mol. The number of aromatic nitrogens is 2. The topological polar surface area (TPSA) is 49.8 Å². The molecule has 21 heavy (non-hydrogen) atoms. The minimum atomic E-state index is 0.223. The first kappa shape index (κ1) is 16.0. The number of nitrogens with zero attached hydrogens (tertiary/aromatic N) is 2. The molecule has 0 bridgehead atoms. The number of hydrogen-bond acceptors (Lipinski definition) is 5. The van der Waals surface area contributed by atoms with Crippen molar-refractivity contribution in [3.05, 3.63) is 10.9 Å². The maximum Gasteiger partial charge on any atom is 0.225 e. The van der Waals surface area contributed by atoms with Crippen LogP contribution in [0.25, 0.3) is 10.2 Å². The van der Waals surface area contributed by atoms with Crippen molar-refractivity contribution < 1.29 is 0 Å². The maximum absolute atomic E-state index is 4.60. The molecule has 116 valence electrons. The summed E-state index contributed by atoms with van der Waals surface area (Å²) in [7, 11) is 1.86. The highest BCUT2D eigenvalue weighted by atomic mass is 32.1. The molecule has 0 saturated carbocycles. The molecule has 0 aliphatic rings. The molecule has 0 spiro atoms. The van der Waals surface area contributed by atoms with Crippen LogP contribution in [0.1, 0.15) is 39.5 Å². The van der Waals surface area contributed by atoms with Gasteiger partial charge in [-0.2, -0.15) is 4.98 Å². The Hall–Kier alpha value is -1.36. The summed E-state index contributed by atoms with van der Waals surface area (Å²) in [5, 5.41) is 7.72. The fraction of sp³-hybridized carbons (Fsp3) is 0.625. The van der Waals surface area contributed by atoms with Gasteiger partial charge in [0.25, 0.3) is 0 Å². The van der Waals surface area contributed by atoms with Crippen LogP contribution in [0.5, 0.6) is 0 Å². The standard InChI is InChI=1S/C16H26N4S/c1-7-11-8-12-13(18-9-16(4,5)10(2)3)19-15(17-6)20-14(12)21-11/h8,10H,7,9H2,1-6H3,(H2,17,18,19,20). The van der Waals surface area contributed by atoms with E-state index in [1.54, 1.807) is 11.3 Å². The van der Waals surface area contributed by atoms with Crippen molar-refractivity contribution in [2.45, 2.75) is 41.0 Å². The van der Waals surface area contributed by atoms with Gasteiger partial charge >= 0.3 is 0 Å². The van der Waals surface area contributed by atoms with Crippen LogP contribution in [-0.4, -0.2) is 23.6 Å². The van der Waals surface area contributed by atoms with Gasteiger partial charge in [0.1, 0.15) is 10.6 Å². The second-order valence-electron chi connectivity index (χ2n) is 6.43. The van der Waals surface area contributed by atoms with Crippen LogP contribution in [0.2, 0.25) is 0 Å². The molecule has 0 aromatic carbocycles. The first-order valence-electron chi connectivity index (χ1n) is 7.59. The van der Waals surface area contributed by atoms with Crippen LogP contribution < -0.4 is 10.6 Å². The van der Waals surface area contributed by atoms with Crippen molar-refractivity contribution in [1.82, 2.24) is 9.97 Å². The van der Waals surface area contributed by atoms with E-state index in [0.717, 1.165) is 29.0 Å². The second-order valence-corrected chi connectivity index (χ2v) is 7.54. The largest absolute Gasteiger partial charge is 0.369 e. The van der Waals surface area contributed by atoms with Crippen molar-refractivity contribution in [3.8, 4) is 0 Å². The highest BCUT2D eigenvalue weighted by Crippen LogP contribution is 2.32. The molecule has 0 unspecified atom stereocenters. The zero-order valence-electron chi connectivity index (χ0n) is 13.9. The van der Waals surface area contributed by atoms with E-state index in [1.165, 1.54) is 4.88 Å². The zero-order valence-corrected chi connectivity index (χ0v) is 14.7. The summed E-state index contributed by atoms with van der Waals surface area (Å²) in [5.41, 5.74) is 0.223. The van der Waals surface area contributed by atoms with Gasteiger partial charge in [0, 0.05) is 18.5 Å². The number of nitrogens with one attached hydrogen (secondary N) is 2. The number of fused-ring (bicyclic) bond motifs is 1. The van der Waals surface area contributed by atoms with Crippen molar-refractivity contribution in [3.63, 3.8) is 0 Å². The molecule has 0 fully saturated rings. The molecular formula is C16H26N4S. The van der Waals surface area contributed by atoms with Gasteiger partial charge in [-0.1, -0.05) is 34.6 Å². The lowest BCUT2D eigenvalue weighted by Crippen LogP contribution is -2.28. The summed E-state index contributed by atoms with van der Waals surface area (Å²) in [6.07, 6.45) is 1.03. The molecule has 2 heterocycles. The van der Waals surface area contributed by atoms with E-state index >= 15 is 0 Å². The van der Waals surface area contributed by atoms with E-state index in [2.05, 4.69) is 61.3 Å². The summed E-state index contributed by atoms with van der Waals surface area (Å²) >= 11 is 1.75. The maximum atomic E-state index is 4.60. The summed E-state index contributed by atoms with van der Waals surface area (Å²) in [6.45, 7) is 12.2. The molecular weight excluding hydrogens is 280 g/mol. The lowest BCUT2D eigenvalue weighted by atomic mass is 9.81. The zero-order chi connectivity index (χ0) is 15.6. The molecule has 0 atom stereocenters. The van der Waals surface area contributed by atoms with Crippen molar-refractivity contribution in [1.29, 1.82) is 0 Å². The summed E-state index contributed by atoms with van der Waals surface area (Å²) < 4.78 is 0. The molecule has 2 aromatic heterocycles. The van der Waals surface area contributed by atoms with Gasteiger partial charge in [-0.15, -0.1) is 11.3 Å². The van der Waals surface area contributed by atoms with Gasteiger partial charge in [0.05, 0.1) is 5.39 Å². The summed E-state index contributed by atoms with van der Waals surface area (Å²) in [4.78, 5) is 11.6. The Morgan fingerprint density at radius 2 is 2.00 bits per heavy atom. The van der Waals surface area contributed by atoms with Crippen LogP contribution >= 0.6 is 11.3 Å². The van der Waals surface area contributed by atoms with Crippen LogP contribution in [0.15, 0.2) is 6.07 Å². The van der Waals surface area contributed by atoms with Gasteiger partial charge in [-0.05, 0) is 23.8 Å². The molecule has 2 rings (SSSR count). The molecule has 4 nitrogen and oxygen atoms in total. The Balaban J connectivity index is 2.35. The lowest BCUT2D eigenvalue weighted by molar-refractivity contribution is 0.269. The summed E-state index contributed by atoms with van der Waals surface area (Å²) in [5.74, 6) is 2.23. The van der Waals surface area contributed by atoms with E-state index in [-0.39, 0.29) is 5.41 Å². The van der Waals surface area contributed by atoms with Gasteiger partial charge in [0.2, 0.25) is 5.95 Å². The van der Waals surface area contributed by atoms with E-state index in [1.807, 2.05) is 7.05 Å². The molecule has 0 aliphatic carbocycles. The predicted molar refractivity (Wildman–Crippen MR) is 93.4 cm³/mol. The van der Waals surface area contributed by atoms with Crippen LogP contribution in [-0.2, 0) is 6.42 Å².